The monoisotopic (exact) mass is 354 g/mol. The first kappa shape index (κ1) is 16.6. The minimum Gasteiger partial charge on any atom is -0.497 e. The maximum Gasteiger partial charge on any atom is 0.319 e. The number of nitrogens with one attached hydrogen (secondary N) is 2. The third kappa shape index (κ3) is 3.40. The number of urea groups is 1. The van der Waals surface area contributed by atoms with Gasteiger partial charge in [0.15, 0.2) is 11.5 Å². The Morgan fingerprint density at radius 2 is 1.81 bits per heavy atom. The van der Waals surface area contributed by atoms with Gasteiger partial charge in [-0.1, -0.05) is 12.1 Å². The summed E-state index contributed by atoms with van der Waals surface area (Å²) < 4.78 is 16.2. The highest BCUT2D eigenvalue weighted by Gasteiger charge is 2.44. The molecule has 4 rings (SSSR count). The van der Waals surface area contributed by atoms with Gasteiger partial charge in [-0.05, 0) is 42.7 Å². The number of ether oxygens (including phenoxy) is 3. The van der Waals surface area contributed by atoms with Crippen LogP contribution in [0.5, 0.6) is 17.2 Å². The van der Waals surface area contributed by atoms with Crippen molar-refractivity contribution in [2.75, 3.05) is 32.2 Å². The molecule has 136 valence electrons. The van der Waals surface area contributed by atoms with Gasteiger partial charge in [0.1, 0.15) is 19.0 Å². The van der Waals surface area contributed by atoms with Crippen LogP contribution in [0.2, 0.25) is 0 Å². The summed E-state index contributed by atoms with van der Waals surface area (Å²) in [4.78, 5) is 12.3. The number of fused-ring (bicyclic) bond motifs is 1. The first-order valence-corrected chi connectivity index (χ1v) is 8.78. The summed E-state index contributed by atoms with van der Waals surface area (Å²) in [7, 11) is 1.66. The number of amides is 2. The molecule has 0 bridgehead atoms. The molecule has 0 unspecified atom stereocenters. The van der Waals surface area contributed by atoms with Gasteiger partial charge in [-0.25, -0.2) is 4.79 Å². The van der Waals surface area contributed by atoms with Crippen LogP contribution in [-0.4, -0.2) is 32.9 Å². The van der Waals surface area contributed by atoms with Crippen molar-refractivity contribution in [2.24, 2.45) is 0 Å². The fraction of sp³-hybridized carbons (Fsp3) is 0.350. The molecule has 1 heterocycles. The normalized spacial score (nSPS) is 16.5. The molecule has 1 aliphatic heterocycles. The second-order valence-electron chi connectivity index (χ2n) is 6.67. The van der Waals surface area contributed by atoms with Gasteiger partial charge in [-0.3, -0.25) is 0 Å². The second kappa shape index (κ2) is 6.78. The topological polar surface area (TPSA) is 68.8 Å². The lowest BCUT2D eigenvalue weighted by Gasteiger charge is -2.20. The first-order valence-electron chi connectivity index (χ1n) is 8.78. The molecule has 26 heavy (non-hydrogen) atoms. The predicted molar refractivity (Wildman–Crippen MR) is 98.4 cm³/mol. The zero-order valence-corrected chi connectivity index (χ0v) is 14.7. The molecule has 0 saturated heterocycles. The highest BCUT2D eigenvalue weighted by molar-refractivity contribution is 5.89. The summed E-state index contributed by atoms with van der Waals surface area (Å²) in [6, 6.07) is 13.3. The van der Waals surface area contributed by atoms with E-state index in [-0.39, 0.29) is 11.4 Å². The largest absolute Gasteiger partial charge is 0.497 e. The molecule has 2 aliphatic rings. The van der Waals surface area contributed by atoms with Crippen molar-refractivity contribution < 1.29 is 19.0 Å². The Kier molecular flexibility index (Phi) is 4.32. The van der Waals surface area contributed by atoms with Crippen LogP contribution in [0.1, 0.15) is 18.4 Å². The van der Waals surface area contributed by atoms with Crippen LogP contribution in [0.25, 0.3) is 0 Å². The molecular formula is C20H22N2O4. The molecular weight excluding hydrogens is 332 g/mol. The van der Waals surface area contributed by atoms with Crippen molar-refractivity contribution in [2.45, 2.75) is 18.3 Å². The van der Waals surface area contributed by atoms with Crippen LogP contribution in [0.15, 0.2) is 42.5 Å². The van der Waals surface area contributed by atoms with E-state index in [0.29, 0.717) is 36.9 Å². The summed E-state index contributed by atoms with van der Waals surface area (Å²) in [5.41, 5.74) is 1.95. The minimum atomic E-state index is -0.221. The van der Waals surface area contributed by atoms with E-state index in [4.69, 9.17) is 14.2 Å². The SMILES string of the molecule is COc1ccc(C2(CNC(=O)Nc3ccc4c(c3)OCCO4)CC2)cc1. The van der Waals surface area contributed by atoms with Crippen molar-refractivity contribution in [3.63, 3.8) is 0 Å². The summed E-state index contributed by atoms with van der Waals surface area (Å²) in [5.74, 6) is 2.21. The number of anilines is 1. The van der Waals surface area contributed by atoms with Crippen molar-refractivity contribution in [3.8, 4) is 17.2 Å². The number of rotatable bonds is 5. The van der Waals surface area contributed by atoms with Crippen LogP contribution in [-0.2, 0) is 5.41 Å². The Bertz CT molecular complexity index is 800. The molecule has 0 spiro atoms. The van der Waals surface area contributed by atoms with E-state index in [0.717, 1.165) is 18.6 Å². The average Bonchev–Trinajstić information content (AvgIpc) is 3.48. The molecule has 6 heteroatoms. The van der Waals surface area contributed by atoms with Gasteiger partial charge < -0.3 is 24.8 Å². The number of carbonyl (C=O) groups excluding carboxylic acids is 1. The maximum absolute atomic E-state index is 12.3. The Labute approximate surface area is 152 Å². The summed E-state index contributed by atoms with van der Waals surface area (Å²) in [5, 5.41) is 5.84. The number of methoxy groups -OCH3 is 1. The lowest BCUT2D eigenvalue weighted by molar-refractivity contribution is 0.171. The standard InChI is InChI=1S/C20H22N2O4/c1-24-16-5-2-14(3-6-16)20(8-9-20)13-21-19(23)22-15-4-7-17-18(12-15)26-11-10-25-17/h2-7,12H,8-11,13H2,1H3,(H2,21,22,23). The molecule has 0 atom stereocenters. The summed E-state index contributed by atoms with van der Waals surface area (Å²) in [6.45, 7) is 1.68. The molecule has 1 fully saturated rings. The van der Waals surface area contributed by atoms with E-state index in [1.807, 2.05) is 24.3 Å². The molecule has 2 aromatic carbocycles. The Hall–Kier alpha value is -2.89. The lowest BCUT2D eigenvalue weighted by Crippen LogP contribution is -2.35. The molecule has 2 N–H and O–H groups in total. The van der Waals surface area contributed by atoms with Crippen molar-refractivity contribution >= 4 is 11.7 Å². The molecule has 0 radical (unpaired) electrons. The van der Waals surface area contributed by atoms with Gasteiger partial charge in [-0.2, -0.15) is 0 Å². The summed E-state index contributed by atoms with van der Waals surface area (Å²) >= 11 is 0. The maximum atomic E-state index is 12.3. The smallest absolute Gasteiger partial charge is 0.319 e. The van der Waals surface area contributed by atoms with Gasteiger partial charge >= 0.3 is 6.03 Å². The highest BCUT2D eigenvalue weighted by atomic mass is 16.6. The molecule has 1 aliphatic carbocycles. The Morgan fingerprint density at radius 1 is 1.08 bits per heavy atom. The predicted octanol–water partition coefficient (Wildman–Crippen LogP) is 3.32. The van der Waals surface area contributed by atoms with E-state index in [1.54, 1.807) is 13.2 Å². The van der Waals surface area contributed by atoms with Crippen LogP contribution >= 0.6 is 0 Å². The fourth-order valence-corrected chi connectivity index (χ4v) is 3.21. The summed E-state index contributed by atoms with van der Waals surface area (Å²) in [6.07, 6.45) is 2.15. The van der Waals surface area contributed by atoms with E-state index in [9.17, 15) is 4.79 Å². The number of carbonyl (C=O) groups is 1. The minimum absolute atomic E-state index is 0.0381. The van der Waals surface area contributed by atoms with Crippen LogP contribution in [0.4, 0.5) is 10.5 Å². The highest BCUT2D eigenvalue weighted by Crippen LogP contribution is 2.47. The van der Waals surface area contributed by atoms with Crippen LogP contribution in [0, 0.1) is 0 Å². The van der Waals surface area contributed by atoms with Crippen molar-refractivity contribution in [1.29, 1.82) is 0 Å². The van der Waals surface area contributed by atoms with E-state index >= 15 is 0 Å². The Balaban J connectivity index is 1.35. The van der Waals surface area contributed by atoms with Gasteiger partial charge in [-0.15, -0.1) is 0 Å². The van der Waals surface area contributed by atoms with Crippen molar-refractivity contribution in [1.82, 2.24) is 5.32 Å². The average molecular weight is 354 g/mol. The third-order valence-electron chi connectivity index (χ3n) is 4.94. The zero-order chi connectivity index (χ0) is 18.0. The number of hydrogen-bond acceptors (Lipinski definition) is 4. The molecule has 0 aromatic heterocycles. The van der Waals surface area contributed by atoms with Gasteiger partial charge in [0.2, 0.25) is 0 Å². The van der Waals surface area contributed by atoms with Crippen LogP contribution in [0.3, 0.4) is 0 Å². The van der Waals surface area contributed by atoms with Gasteiger partial charge in [0.25, 0.3) is 0 Å². The van der Waals surface area contributed by atoms with E-state index in [1.165, 1.54) is 5.56 Å². The van der Waals surface area contributed by atoms with Crippen LogP contribution < -0.4 is 24.8 Å². The van der Waals surface area contributed by atoms with E-state index < -0.39 is 0 Å². The van der Waals surface area contributed by atoms with E-state index in [2.05, 4.69) is 22.8 Å². The van der Waals surface area contributed by atoms with Gasteiger partial charge in [0, 0.05) is 23.7 Å². The van der Waals surface area contributed by atoms with Gasteiger partial charge in [0.05, 0.1) is 7.11 Å². The Morgan fingerprint density at radius 3 is 2.50 bits per heavy atom. The molecule has 6 nitrogen and oxygen atoms in total. The molecule has 1 saturated carbocycles. The molecule has 2 amide bonds. The number of benzene rings is 2. The quantitative estimate of drug-likeness (QED) is 0.864. The second-order valence-corrected chi connectivity index (χ2v) is 6.67. The lowest BCUT2D eigenvalue weighted by atomic mass is 9.96. The number of hydrogen-bond donors (Lipinski definition) is 2. The zero-order valence-electron chi connectivity index (χ0n) is 14.7. The van der Waals surface area contributed by atoms with Crippen molar-refractivity contribution in [3.05, 3.63) is 48.0 Å². The fourth-order valence-electron chi connectivity index (χ4n) is 3.21. The first-order chi connectivity index (χ1) is 12.7. The molecule has 2 aromatic rings. The third-order valence-corrected chi connectivity index (χ3v) is 4.94.